The van der Waals surface area contributed by atoms with E-state index in [-0.39, 0.29) is 11.1 Å². The fourth-order valence-corrected chi connectivity index (χ4v) is 2.70. The van der Waals surface area contributed by atoms with Crippen molar-refractivity contribution in [2.24, 2.45) is 5.84 Å². The van der Waals surface area contributed by atoms with Crippen LogP contribution in [0, 0.1) is 5.82 Å². The van der Waals surface area contributed by atoms with Gasteiger partial charge in [0.25, 0.3) is 0 Å². The number of nitrogens with one attached hydrogen (secondary N) is 1. The van der Waals surface area contributed by atoms with Gasteiger partial charge in [-0.05, 0) is 48.2 Å². The third-order valence-electron chi connectivity index (χ3n) is 3.18. The maximum atomic E-state index is 13.4. The third-order valence-corrected chi connectivity index (χ3v) is 4.08. The molecule has 1 unspecified atom stereocenters. The summed E-state index contributed by atoms with van der Waals surface area (Å²) in [6.07, 6.45) is 1.17. The van der Waals surface area contributed by atoms with Crippen LogP contribution in [0.1, 0.15) is 11.1 Å². The lowest BCUT2D eigenvalue weighted by Gasteiger charge is -2.17. The SMILES string of the molecule is NNC(Cc1ccc(Cl)c(F)c1)Cc1ccc(Cl)cc1Cl. The molecule has 0 amide bonds. The van der Waals surface area contributed by atoms with Gasteiger partial charge >= 0.3 is 0 Å². The van der Waals surface area contributed by atoms with Gasteiger partial charge in [0, 0.05) is 16.1 Å². The zero-order valence-electron chi connectivity index (χ0n) is 11.0. The minimum Gasteiger partial charge on any atom is -0.271 e. The van der Waals surface area contributed by atoms with E-state index >= 15 is 0 Å². The average Bonchev–Trinajstić information content (AvgIpc) is 2.44. The van der Waals surface area contributed by atoms with Gasteiger partial charge in [-0.1, -0.05) is 46.9 Å². The Hall–Kier alpha value is -0.840. The molecule has 0 saturated carbocycles. The lowest BCUT2D eigenvalue weighted by atomic mass is 9.99. The van der Waals surface area contributed by atoms with E-state index in [1.807, 2.05) is 6.07 Å². The predicted molar refractivity (Wildman–Crippen MR) is 86.4 cm³/mol. The predicted octanol–water partition coefficient (Wildman–Crippen LogP) is 4.40. The molecule has 1 atom stereocenters. The van der Waals surface area contributed by atoms with Crippen LogP contribution in [0.5, 0.6) is 0 Å². The van der Waals surface area contributed by atoms with Gasteiger partial charge in [-0.15, -0.1) is 0 Å². The molecule has 0 spiro atoms. The van der Waals surface area contributed by atoms with Gasteiger partial charge in [-0.3, -0.25) is 11.3 Å². The zero-order chi connectivity index (χ0) is 15.4. The highest BCUT2D eigenvalue weighted by Gasteiger charge is 2.12. The van der Waals surface area contributed by atoms with Crippen molar-refractivity contribution in [3.8, 4) is 0 Å². The quantitative estimate of drug-likeness (QED) is 0.621. The Morgan fingerprint density at radius 1 is 1.00 bits per heavy atom. The Kier molecular flexibility index (Phi) is 5.85. The first-order valence-corrected chi connectivity index (χ1v) is 7.47. The largest absolute Gasteiger partial charge is 0.271 e. The summed E-state index contributed by atoms with van der Waals surface area (Å²) in [5.41, 5.74) is 4.47. The number of hydrazine groups is 1. The lowest BCUT2D eigenvalue weighted by molar-refractivity contribution is 0.520. The van der Waals surface area contributed by atoms with Gasteiger partial charge in [0.15, 0.2) is 0 Å². The molecule has 0 aliphatic rings. The van der Waals surface area contributed by atoms with Crippen molar-refractivity contribution in [2.45, 2.75) is 18.9 Å². The first-order chi connectivity index (χ1) is 9.99. The minimum absolute atomic E-state index is 0.0794. The van der Waals surface area contributed by atoms with Crippen molar-refractivity contribution in [1.29, 1.82) is 0 Å². The van der Waals surface area contributed by atoms with Gasteiger partial charge < -0.3 is 0 Å². The van der Waals surface area contributed by atoms with E-state index in [1.54, 1.807) is 18.2 Å². The third kappa shape index (κ3) is 4.56. The highest BCUT2D eigenvalue weighted by Crippen LogP contribution is 2.23. The molecular weight excluding hydrogens is 334 g/mol. The van der Waals surface area contributed by atoms with Gasteiger partial charge in [0.1, 0.15) is 5.82 Å². The van der Waals surface area contributed by atoms with Crippen molar-refractivity contribution < 1.29 is 4.39 Å². The molecule has 0 aliphatic carbocycles. The van der Waals surface area contributed by atoms with Crippen molar-refractivity contribution in [3.05, 3.63) is 68.4 Å². The fourth-order valence-electron chi connectivity index (χ4n) is 2.09. The summed E-state index contributed by atoms with van der Waals surface area (Å²) in [5.74, 6) is 5.14. The van der Waals surface area contributed by atoms with Crippen LogP contribution in [0.25, 0.3) is 0 Å². The molecule has 0 aliphatic heterocycles. The Morgan fingerprint density at radius 3 is 2.38 bits per heavy atom. The second kappa shape index (κ2) is 7.43. The van der Waals surface area contributed by atoms with E-state index in [2.05, 4.69) is 5.43 Å². The number of benzene rings is 2. The van der Waals surface area contributed by atoms with Crippen LogP contribution < -0.4 is 11.3 Å². The Labute approximate surface area is 138 Å². The Morgan fingerprint density at radius 2 is 1.76 bits per heavy atom. The smallest absolute Gasteiger partial charge is 0.142 e. The zero-order valence-corrected chi connectivity index (χ0v) is 13.3. The molecule has 3 N–H and O–H groups in total. The summed E-state index contributed by atoms with van der Waals surface area (Å²) >= 11 is 17.7. The molecule has 0 radical (unpaired) electrons. The van der Waals surface area contributed by atoms with E-state index in [0.717, 1.165) is 11.1 Å². The van der Waals surface area contributed by atoms with Gasteiger partial charge in [-0.2, -0.15) is 0 Å². The second-order valence-electron chi connectivity index (χ2n) is 4.76. The number of hydrogen-bond donors (Lipinski definition) is 2. The Balaban J connectivity index is 2.10. The molecule has 2 nitrogen and oxygen atoms in total. The standard InChI is InChI=1S/C15H14Cl3FN2/c16-11-3-2-10(14(18)8-11)7-12(21-20)5-9-1-4-13(17)15(19)6-9/h1-4,6,8,12,21H,5,7,20H2. The van der Waals surface area contributed by atoms with Gasteiger partial charge in [0.2, 0.25) is 0 Å². The molecule has 21 heavy (non-hydrogen) atoms. The topological polar surface area (TPSA) is 38.0 Å². The Bertz CT molecular complexity index is 634. The minimum atomic E-state index is -0.436. The molecule has 2 rings (SSSR count). The van der Waals surface area contributed by atoms with E-state index in [1.165, 1.54) is 12.1 Å². The summed E-state index contributed by atoms with van der Waals surface area (Å²) in [7, 11) is 0. The van der Waals surface area contributed by atoms with Crippen LogP contribution in [-0.2, 0) is 12.8 Å². The maximum absolute atomic E-state index is 13.4. The molecule has 2 aromatic rings. The van der Waals surface area contributed by atoms with Crippen molar-refractivity contribution >= 4 is 34.8 Å². The molecule has 0 saturated heterocycles. The molecule has 2 aromatic carbocycles. The van der Waals surface area contributed by atoms with E-state index in [0.29, 0.717) is 22.9 Å². The maximum Gasteiger partial charge on any atom is 0.142 e. The summed E-state index contributed by atoms with van der Waals surface area (Å²) in [6.45, 7) is 0. The summed E-state index contributed by atoms with van der Waals surface area (Å²) < 4.78 is 13.4. The molecule has 6 heteroatoms. The number of nitrogens with two attached hydrogens (primary N) is 1. The van der Waals surface area contributed by atoms with Crippen LogP contribution in [0.15, 0.2) is 36.4 Å². The normalized spacial score (nSPS) is 12.4. The first kappa shape index (κ1) is 16.5. The molecule has 0 bridgehead atoms. The van der Waals surface area contributed by atoms with E-state index in [4.69, 9.17) is 40.6 Å². The fraction of sp³-hybridized carbons (Fsp3) is 0.200. The summed E-state index contributed by atoms with van der Waals surface area (Å²) in [6, 6.07) is 9.97. The molecule has 0 fully saturated rings. The number of hydrogen-bond acceptors (Lipinski definition) is 2. The van der Waals surface area contributed by atoms with Crippen LogP contribution in [-0.4, -0.2) is 6.04 Å². The van der Waals surface area contributed by atoms with Crippen LogP contribution in [0.3, 0.4) is 0 Å². The number of halogens is 4. The van der Waals surface area contributed by atoms with Crippen LogP contribution in [0.2, 0.25) is 15.1 Å². The highest BCUT2D eigenvalue weighted by atomic mass is 35.5. The van der Waals surface area contributed by atoms with Crippen LogP contribution in [0.4, 0.5) is 4.39 Å². The highest BCUT2D eigenvalue weighted by molar-refractivity contribution is 6.35. The number of rotatable bonds is 5. The summed E-state index contributed by atoms with van der Waals surface area (Å²) in [5, 5.41) is 1.28. The average molecular weight is 348 g/mol. The van der Waals surface area contributed by atoms with Gasteiger partial charge in [-0.25, -0.2) is 4.39 Å². The lowest BCUT2D eigenvalue weighted by Crippen LogP contribution is -2.38. The van der Waals surface area contributed by atoms with E-state index in [9.17, 15) is 4.39 Å². The summed E-state index contributed by atoms with van der Waals surface area (Å²) in [4.78, 5) is 0. The van der Waals surface area contributed by atoms with Crippen molar-refractivity contribution in [1.82, 2.24) is 5.43 Å². The van der Waals surface area contributed by atoms with Crippen molar-refractivity contribution in [3.63, 3.8) is 0 Å². The van der Waals surface area contributed by atoms with Gasteiger partial charge in [0.05, 0.1) is 5.02 Å². The molecule has 112 valence electrons. The molecule has 0 heterocycles. The van der Waals surface area contributed by atoms with E-state index < -0.39 is 5.82 Å². The second-order valence-corrected chi connectivity index (χ2v) is 6.01. The molecular formula is C15H14Cl3FN2. The van der Waals surface area contributed by atoms with Crippen LogP contribution >= 0.6 is 34.8 Å². The first-order valence-electron chi connectivity index (χ1n) is 6.33. The molecule has 0 aromatic heterocycles. The monoisotopic (exact) mass is 346 g/mol. The van der Waals surface area contributed by atoms with Crippen molar-refractivity contribution in [2.75, 3.05) is 0 Å².